The second-order valence-corrected chi connectivity index (χ2v) is 4.04. The van der Waals surface area contributed by atoms with Gasteiger partial charge < -0.3 is 4.90 Å². The molecule has 0 radical (unpaired) electrons. The Labute approximate surface area is 81.1 Å². The third-order valence-electron chi connectivity index (χ3n) is 2.70. The summed E-state index contributed by atoms with van der Waals surface area (Å²) in [5.74, 6) is 0.824. The number of nitrogens with zero attached hydrogens (tertiary/aromatic N) is 1. The Morgan fingerprint density at radius 3 is 2.92 bits per heavy atom. The van der Waals surface area contributed by atoms with Gasteiger partial charge in [0, 0.05) is 11.9 Å². The van der Waals surface area contributed by atoms with Crippen LogP contribution in [-0.2, 0) is 0 Å². The van der Waals surface area contributed by atoms with Crippen LogP contribution in [0.4, 0.5) is 0 Å². The van der Waals surface area contributed by atoms with Crippen molar-refractivity contribution in [2.75, 3.05) is 19.0 Å². The van der Waals surface area contributed by atoms with Crippen LogP contribution in [-0.4, -0.2) is 29.9 Å². The minimum atomic E-state index is 0.788. The molecule has 0 amide bonds. The first-order valence-corrected chi connectivity index (χ1v) is 5.72. The summed E-state index contributed by atoms with van der Waals surface area (Å²) in [6.07, 6.45) is 6.62. The molecule has 0 saturated carbocycles. The van der Waals surface area contributed by atoms with Gasteiger partial charge in [0.05, 0.1) is 0 Å². The average molecular weight is 190 g/mol. The smallest absolute Gasteiger partial charge is 0.0238 e. The molecule has 1 atom stereocenters. The van der Waals surface area contributed by atoms with Crippen molar-refractivity contribution < 1.29 is 0 Å². The van der Waals surface area contributed by atoms with E-state index in [1.807, 2.05) is 0 Å². The van der Waals surface area contributed by atoms with Crippen LogP contribution in [0.15, 0.2) is 0 Å². The van der Waals surface area contributed by atoms with E-state index < -0.39 is 0 Å². The number of hydrogen-bond donors (Lipinski definition) is 0. The van der Waals surface area contributed by atoms with E-state index in [1.54, 1.807) is 0 Å². The molecular weight excluding hydrogens is 170 g/mol. The Hall–Kier alpha value is 0.250. The maximum Gasteiger partial charge on any atom is 0.0238 e. The third-order valence-corrected chi connectivity index (χ3v) is 2.92. The normalized spacial score (nSPS) is 26.0. The van der Waals surface area contributed by atoms with Gasteiger partial charge in [0.2, 0.25) is 0 Å². The summed E-state index contributed by atoms with van der Waals surface area (Å²) in [5, 5.41) is 0. The highest BCUT2D eigenvalue weighted by Gasteiger charge is 2.20. The minimum absolute atomic E-state index is 0.788. The Kier molecular flexibility index (Phi) is 5.01. The molecule has 0 N–H and O–H groups in total. The highest BCUT2D eigenvalue weighted by Crippen LogP contribution is 2.19. The summed E-state index contributed by atoms with van der Waals surface area (Å²) >= 11 is 5.77. The standard InChI is InChI=1S/C10H20ClN/c1-2-8-12-9-4-3-5-10(12)6-7-11/h10H,2-9H2,1H3. The fourth-order valence-electron chi connectivity index (χ4n) is 2.09. The van der Waals surface area contributed by atoms with E-state index in [9.17, 15) is 0 Å². The topological polar surface area (TPSA) is 3.24 Å². The second-order valence-electron chi connectivity index (χ2n) is 3.66. The number of hydrogen-bond acceptors (Lipinski definition) is 1. The Bertz CT molecular complexity index is 98.4. The van der Waals surface area contributed by atoms with Gasteiger partial charge in [-0.3, -0.25) is 0 Å². The lowest BCUT2D eigenvalue weighted by atomic mass is 10.00. The van der Waals surface area contributed by atoms with Crippen molar-refractivity contribution in [2.45, 2.75) is 45.1 Å². The van der Waals surface area contributed by atoms with Crippen molar-refractivity contribution >= 4 is 11.6 Å². The summed E-state index contributed by atoms with van der Waals surface area (Å²) in [6, 6.07) is 0.788. The predicted octanol–water partition coefficient (Wildman–Crippen LogP) is 2.88. The second kappa shape index (κ2) is 5.82. The van der Waals surface area contributed by atoms with Crippen LogP contribution in [0, 0.1) is 0 Å². The molecule has 1 heterocycles. The molecule has 0 aliphatic carbocycles. The van der Waals surface area contributed by atoms with Gasteiger partial charge in [0.25, 0.3) is 0 Å². The van der Waals surface area contributed by atoms with Crippen LogP contribution < -0.4 is 0 Å². The number of halogens is 1. The van der Waals surface area contributed by atoms with E-state index in [2.05, 4.69) is 11.8 Å². The lowest BCUT2D eigenvalue weighted by Crippen LogP contribution is -2.40. The lowest BCUT2D eigenvalue weighted by molar-refractivity contribution is 0.145. The van der Waals surface area contributed by atoms with Gasteiger partial charge in [0.15, 0.2) is 0 Å². The zero-order valence-corrected chi connectivity index (χ0v) is 8.82. The van der Waals surface area contributed by atoms with Crippen molar-refractivity contribution in [3.05, 3.63) is 0 Å². The lowest BCUT2D eigenvalue weighted by Gasteiger charge is -2.35. The van der Waals surface area contributed by atoms with Crippen LogP contribution in [0.5, 0.6) is 0 Å². The molecule has 0 bridgehead atoms. The maximum absolute atomic E-state index is 5.77. The number of rotatable bonds is 4. The fraction of sp³-hybridized carbons (Fsp3) is 1.00. The van der Waals surface area contributed by atoms with Crippen molar-refractivity contribution in [3.8, 4) is 0 Å². The van der Waals surface area contributed by atoms with Crippen molar-refractivity contribution in [1.82, 2.24) is 4.90 Å². The van der Waals surface area contributed by atoms with Gasteiger partial charge in [-0.1, -0.05) is 13.3 Å². The first kappa shape index (κ1) is 10.3. The van der Waals surface area contributed by atoms with Gasteiger partial charge in [-0.2, -0.15) is 0 Å². The van der Waals surface area contributed by atoms with Gasteiger partial charge in [-0.15, -0.1) is 11.6 Å². The first-order chi connectivity index (χ1) is 5.88. The number of likely N-dealkylation sites (tertiary alicyclic amines) is 1. The molecule has 1 nitrogen and oxygen atoms in total. The SMILES string of the molecule is CCCN1CCCCC1CCCl. The zero-order chi connectivity index (χ0) is 8.81. The molecule has 1 saturated heterocycles. The summed E-state index contributed by atoms with van der Waals surface area (Å²) < 4.78 is 0. The summed E-state index contributed by atoms with van der Waals surface area (Å²) in [6.45, 7) is 4.82. The van der Waals surface area contributed by atoms with Crippen LogP contribution in [0.25, 0.3) is 0 Å². The monoisotopic (exact) mass is 189 g/mol. The quantitative estimate of drug-likeness (QED) is 0.615. The van der Waals surface area contributed by atoms with Crippen LogP contribution in [0.1, 0.15) is 39.0 Å². The number of piperidine rings is 1. The highest BCUT2D eigenvalue weighted by molar-refractivity contribution is 6.17. The maximum atomic E-state index is 5.77. The van der Waals surface area contributed by atoms with Crippen molar-refractivity contribution in [2.24, 2.45) is 0 Å². The molecule has 1 aliphatic heterocycles. The molecule has 0 aromatic carbocycles. The Morgan fingerprint density at radius 2 is 2.25 bits per heavy atom. The summed E-state index contributed by atoms with van der Waals surface area (Å²) in [7, 11) is 0. The molecule has 1 unspecified atom stereocenters. The van der Waals surface area contributed by atoms with Crippen LogP contribution in [0.3, 0.4) is 0 Å². The summed E-state index contributed by atoms with van der Waals surface area (Å²) in [4.78, 5) is 2.62. The summed E-state index contributed by atoms with van der Waals surface area (Å²) in [5.41, 5.74) is 0. The van der Waals surface area contributed by atoms with Crippen LogP contribution >= 0.6 is 11.6 Å². The molecule has 1 rings (SSSR count). The van der Waals surface area contributed by atoms with Crippen molar-refractivity contribution in [1.29, 1.82) is 0 Å². The van der Waals surface area contributed by atoms with Crippen molar-refractivity contribution in [3.63, 3.8) is 0 Å². The molecule has 1 aliphatic rings. The first-order valence-electron chi connectivity index (χ1n) is 5.18. The number of alkyl halides is 1. The highest BCUT2D eigenvalue weighted by atomic mass is 35.5. The third kappa shape index (κ3) is 2.95. The molecule has 0 aromatic heterocycles. The molecule has 2 heteroatoms. The average Bonchev–Trinajstić information content (AvgIpc) is 2.09. The molecular formula is C10H20ClN. The minimum Gasteiger partial charge on any atom is -0.300 e. The largest absolute Gasteiger partial charge is 0.300 e. The molecule has 12 heavy (non-hydrogen) atoms. The van der Waals surface area contributed by atoms with E-state index in [0.717, 1.165) is 11.9 Å². The van der Waals surface area contributed by atoms with Gasteiger partial charge >= 0.3 is 0 Å². The molecule has 0 aromatic rings. The fourth-order valence-corrected chi connectivity index (χ4v) is 2.35. The Balaban J connectivity index is 2.31. The van der Waals surface area contributed by atoms with Gasteiger partial charge in [-0.05, 0) is 38.8 Å². The Morgan fingerprint density at radius 1 is 1.42 bits per heavy atom. The molecule has 72 valence electrons. The zero-order valence-electron chi connectivity index (χ0n) is 8.06. The van der Waals surface area contributed by atoms with E-state index in [1.165, 1.54) is 45.2 Å². The van der Waals surface area contributed by atoms with Gasteiger partial charge in [0.1, 0.15) is 0 Å². The van der Waals surface area contributed by atoms with Crippen LogP contribution in [0.2, 0.25) is 0 Å². The molecule has 1 fully saturated rings. The van der Waals surface area contributed by atoms with E-state index in [4.69, 9.17) is 11.6 Å². The predicted molar refractivity (Wildman–Crippen MR) is 54.8 cm³/mol. The van der Waals surface area contributed by atoms with Gasteiger partial charge in [-0.25, -0.2) is 0 Å². The molecule has 0 spiro atoms. The van der Waals surface area contributed by atoms with E-state index in [-0.39, 0.29) is 0 Å². The van der Waals surface area contributed by atoms with E-state index in [0.29, 0.717) is 0 Å². The van der Waals surface area contributed by atoms with E-state index >= 15 is 0 Å².